The van der Waals surface area contributed by atoms with Gasteiger partial charge in [0.15, 0.2) is 11.5 Å². The molecule has 1 unspecified atom stereocenters. The molecular weight excluding hydrogens is 322 g/mol. The number of ether oxygens (including phenoxy) is 2. The average Bonchev–Trinajstić information content (AvgIpc) is 3.11. The lowest BCUT2D eigenvalue weighted by Crippen LogP contribution is -2.40. The molecule has 1 atom stereocenters. The lowest BCUT2D eigenvalue weighted by Gasteiger charge is -2.17. The number of nitrogens with one attached hydrogen (secondary N) is 1. The number of allylic oxidation sites excluding steroid dienone is 1. The molecule has 0 heterocycles. The summed E-state index contributed by atoms with van der Waals surface area (Å²) in [6.07, 6.45) is 8.09. The summed E-state index contributed by atoms with van der Waals surface area (Å²) in [6, 6.07) is 3.91. The average molecular weight is 347 g/mol. The Morgan fingerprint density at radius 2 is 2.04 bits per heavy atom. The molecule has 6 nitrogen and oxygen atoms in total. The van der Waals surface area contributed by atoms with Crippen molar-refractivity contribution in [2.75, 3.05) is 7.11 Å². The number of carboxylic acids is 1. The first-order valence-corrected chi connectivity index (χ1v) is 8.54. The summed E-state index contributed by atoms with van der Waals surface area (Å²) in [6.45, 7) is 1.80. The van der Waals surface area contributed by atoms with Crippen molar-refractivity contribution in [1.29, 1.82) is 0 Å². The number of aliphatic carboxylic acids is 1. The highest BCUT2D eigenvalue weighted by atomic mass is 16.5. The molecule has 0 spiro atoms. The predicted octanol–water partition coefficient (Wildman–Crippen LogP) is 3.17. The standard InChI is InChI=1S/C19H25NO5/c1-3-4-9-15(19(22)23)20-18(21)13-10-11-16(24-2)17(12-13)25-14-7-5-6-8-14/h3-4,10-12,14-15H,5-9H2,1-2H3,(H,20,21)(H,22,23)/b4-3+. The predicted molar refractivity (Wildman–Crippen MR) is 94.2 cm³/mol. The van der Waals surface area contributed by atoms with Gasteiger partial charge in [-0.2, -0.15) is 0 Å². The molecule has 1 aromatic carbocycles. The van der Waals surface area contributed by atoms with Gasteiger partial charge in [0.25, 0.3) is 5.91 Å². The van der Waals surface area contributed by atoms with Crippen molar-refractivity contribution in [2.45, 2.75) is 51.2 Å². The van der Waals surface area contributed by atoms with Gasteiger partial charge in [0.2, 0.25) is 0 Å². The molecule has 1 amide bonds. The fourth-order valence-corrected chi connectivity index (χ4v) is 2.83. The van der Waals surface area contributed by atoms with Crippen LogP contribution in [0.5, 0.6) is 11.5 Å². The van der Waals surface area contributed by atoms with E-state index >= 15 is 0 Å². The van der Waals surface area contributed by atoms with Crippen LogP contribution in [0.1, 0.15) is 49.4 Å². The zero-order valence-corrected chi connectivity index (χ0v) is 14.7. The Morgan fingerprint density at radius 1 is 1.32 bits per heavy atom. The molecule has 1 fully saturated rings. The molecule has 25 heavy (non-hydrogen) atoms. The number of hydrogen-bond acceptors (Lipinski definition) is 4. The van der Waals surface area contributed by atoms with E-state index in [1.165, 1.54) is 0 Å². The normalized spacial score (nSPS) is 15.9. The first kappa shape index (κ1) is 18.8. The summed E-state index contributed by atoms with van der Waals surface area (Å²) >= 11 is 0. The van der Waals surface area contributed by atoms with Crippen LogP contribution in [0.4, 0.5) is 0 Å². The van der Waals surface area contributed by atoms with Gasteiger partial charge in [-0.05, 0) is 57.2 Å². The second kappa shape index (κ2) is 9.11. The lowest BCUT2D eigenvalue weighted by atomic mass is 10.1. The molecule has 0 radical (unpaired) electrons. The Bertz CT molecular complexity index is 635. The van der Waals surface area contributed by atoms with Crippen molar-refractivity contribution >= 4 is 11.9 Å². The van der Waals surface area contributed by atoms with Crippen LogP contribution in [0.25, 0.3) is 0 Å². The minimum atomic E-state index is -1.07. The number of methoxy groups -OCH3 is 1. The minimum Gasteiger partial charge on any atom is -0.493 e. The van der Waals surface area contributed by atoms with Gasteiger partial charge in [0.05, 0.1) is 13.2 Å². The van der Waals surface area contributed by atoms with E-state index in [2.05, 4.69) is 5.32 Å². The van der Waals surface area contributed by atoms with Gasteiger partial charge in [-0.3, -0.25) is 4.79 Å². The lowest BCUT2D eigenvalue weighted by molar-refractivity contribution is -0.139. The van der Waals surface area contributed by atoms with Gasteiger partial charge in [0.1, 0.15) is 6.04 Å². The van der Waals surface area contributed by atoms with E-state index in [-0.39, 0.29) is 12.5 Å². The first-order chi connectivity index (χ1) is 12.0. The van der Waals surface area contributed by atoms with Crippen molar-refractivity contribution in [1.82, 2.24) is 5.32 Å². The van der Waals surface area contributed by atoms with E-state index in [1.54, 1.807) is 44.4 Å². The van der Waals surface area contributed by atoms with Crippen molar-refractivity contribution in [3.8, 4) is 11.5 Å². The fourth-order valence-electron chi connectivity index (χ4n) is 2.83. The maximum atomic E-state index is 12.4. The fraction of sp³-hybridized carbons (Fsp3) is 0.474. The van der Waals surface area contributed by atoms with Crippen LogP contribution in [-0.2, 0) is 4.79 Å². The highest BCUT2D eigenvalue weighted by Crippen LogP contribution is 2.32. The summed E-state index contributed by atoms with van der Waals surface area (Å²) in [5.74, 6) is -0.437. The van der Waals surface area contributed by atoms with Gasteiger partial charge in [-0.1, -0.05) is 12.2 Å². The molecule has 1 aromatic rings. The second-order valence-electron chi connectivity index (χ2n) is 6.06. The van der Waals surface area contributed by atoms with Crippen LogP contribution in [0.3, 0.4) is 0 Å². The van der Waals surface area contributed by atoms with Crippen LogP contribution in [0.15, 0.2) is 30.4 Å². The van der Waals surface area contributed by atoms with E-state index < -0.39 is 17.9 Å². The van der Waals surface area contributed by atoms with E-state index in [9.17, 15) is 14.7 Å². The Morgan fingerprint density at radius 3 is 2.64 bits per heavy atom. The summed E-state index contributed by atoms with van der Waals surface area (Å²) in [4.78, 5) is 23.7. The number of carboxylic acid groups (broad SMARTS) is 1. The van der Waals surface area contributed by atoms with E-state index in [4.69, 9.17) is 9.47 Å². The molecular formula is C19H25NO5. The monoisotopic (exact) mass is 347 g/mol. The number of carbonyl (C=O) groups is 2. The van der Waals surface area contributed by atoms with E-state index in [0.717, 1.165) is 25.7 Å². The quantitative estimate of drug-likeness (QED) is 0.706. The molecule has 2 rings (SSSR count). The van der Waals surface area contributed by atoms with Crippen molar-refractivity contribution < 1.29 is 24.2 Å². The van der Waals surface area contributed by atoms with Gasteiger partial charge in [-0.25, -0.2) is 4.79 Å². The third kappa shape index (κ3) is 5.24. The largest absolute Gasteiger partial charge is 0.493 e. The number of amides is 1. The Balaban J connectivity index is 2.13. The molecule has 0 saturated heterocycles. The molecule has 0 aliphatic heterocycles. The van der Waals surface area contributed by atoms with Crippen molar-refractivity contribution in [2.24, 2.45) is 0 Å². The Labute approximate surface area is 147 Å². The third-order valence-electron chi connectivity index (χ3n) is 4.23. The molecule has 0 aromatic heterocycles. The van der Waals surface area contributed by atoms with Crippen LogP contribution < -0.4 is 14.8 Å². The second-order valence-corrected chi connectivity index (χ2v) is 6.06. The SMILES string of the molecule is C/C=C/CC(NC(=O)c1ccc(OC)c(OC2CCCC2)c1)C(=O)O. The molecule has 2 N–H and O–H groups in total. The van der Waals surface area contributed by atoms with Gasteiger partial charge in [-0.15, -0.1) is 0 Å². The molecule has 0 bridgehead atoms. The summed E-state index contributed by atoms with van der Waals surface area (Å²) in [5, 5.41) is 11.8. The maximum Gasteiger partial charge on any atom is 0.326 e. The number of rotatable bonds is 8. The van der Waals surface area contributed by atoms with Crippen LogP contribution in [0.2, 0.25) is 0 Å². The Kier molecular flexibility index (Phi) is 6.86. The Hall–Kier alpha value is -2.50. The maximum absolute atomic E-state index is 12.4. The molecule has 6 heteroatoms. The highest BCUT2D eigenvalue weighted by Gasteiger charge is 2.22. The smallest absolute Gasteiger partial charge is 0.326 e. The zero-order valence-electron chi connectivity index (χ0n) is 14.7. The highest BCUT2D eigenvalue weighted by molar-refractivity contribution is 5.97. The summed E-state index contributed by atoms with van der Waals surface area (Å²) in [7, 11) is 1.55. The van der Waals surface area contributed by atoms with Crippen LogP contribution in [-0.4, -0.2) is 36.2 Å². The number of carbonyl (C=O) groups excluding carboxylic acids is 1. The van der Waals surface area contributed by atoms with Crippen LogP contribution >= 0.6 is 0 Å². The summed E-state index contributed by atoms with van der Waals surface area (Å²) in [5.41, 5.74) is 0.348. The zero-order chi connectivity index (χ0) is 18.2. The third-order valence-corrected chi connectivity index (χ3v) is 4.23. The van der Waals surface area contributed by atoms with Gasteiger partial charge < -0.3 is 19.9 Å². The van der Waals surface area contributed by atoms with Gasteiger partial charge in [0, 0.05) is 5.56 Å². The first-order valence-electron chi connectivity index (χ1n) is 8.54. The molecule has 1 saturated carbocycles. The topological polar surface area (TPSA) is 84.9 Å². The van der Waals surface area contributed by atoms with Crippen molar-refractivity contribution in [3.63, 3.8) is 0 Å². The number of hydrogen-bond donors (Lipinski definition) is 2. The molecule has 1 aliphatic rings. The van der Waals surface area contributed by atoms with Gasteiger partial charge >= 0.3 is 5.97 Å². The molecule has 136 valence electrons. The van der Waals surface area contributed by atoms with Crippen molar-refractivity contribution in [3.05, 3.63) is 35.9 Å². The number of benzene rings is 1. The molecule has 1 aliphatic carbocycles. The minimum absolute atomic E-state index is 0.133. The summed E-state index contributed by atoms with van der Waals surface area (Å²) < 4.78 is 11.3. The van der Waals surface area contributed by atoms with Crippen LogP contribution in [0, 0.1) is 0 Å². The van der Waals surface area contributed by atoms with E-state index in [0.29, 0.717) is 17.1 Å². The van der Waals surface area contributed by atoms with E-state index in [1.807, 2.05) is 0 Å².